The minimum atomic E-state index is -1.24. The quantitative estimate of drug-likeness (QED) is 0.0668. The average molecular weight is 1830 g/mol. The predicted molar refractivity (Wildman–Crippen MR) is 390 cm³/mol. The molecule has 644 valence electrons. The number of hydrogen-bond donors (Lipinski definition) is 0. The van der Waals surface area contributed by atoms with Crippen LogP contribution >= 0.6 is 45.2 Å². The fraction of sp³-hybridized carbons (Fsp3) is 1.00. The Balaban J connectivity index is 1.12. The van der Waals surface area contributed by atoms with E-state index in [0.29, 0.717) is 8.86 Å². The molecule has 0 saturated carbocycles. The summed E-state index contributed by atoms with van der Waals surface area (Å²) in [6.07, 6.45) is -40.2. The Kier molecular flexibility index (Phi) is 39.3. The van der Waals surface area contributed by atoms with Crippen LogP contribution < -0.4 is 0 Å². The van der Waals surface area contributed by atoms with Crippen LogP contribution in [0, 0.1) is 0 Å². The van der Waals surface area contributed by atoms with Crippen molar-refractivity contribution in [2.24, 2.45) is 0 Å². The molecule has 40 atom stereocenters. The van der Waals surface area contributed by atoms with E-state index in [-0.39, 0.29) is 39.6 Å². The van der Waals surface area contributed by atoms with E-state index < -0.39 is 246 Å². The average Bonchev–Trinajstić information content (AvgIpc) is 0.765. The van der Waals surface area contributed by atoms with Gasteiger partial charge in [-0.3, -0.25) is 0 Å². The third kappa shape index (κ3) is 20.4. The molecule has 16 bridgehead atoms. The van der Waals surface area contributed by atoms with Gasteiger partial charge in [-0.15, -0.1) is 0 Å². The Hall–Kier alpha value is -0.0600. The van der Waals surface area contributed by atoms with Crippen LogP contribution in [0.5, 0.6) is 0 Å². The van der Waals surface area contributed by atoms with E-state index in [9.17, 15) is 0 Å². The summed E-state index contributed by atoms with van der Waals surface area (Å²) in [4.78, 5) is 0. The predicted octanol–water partition coefficient (Wildman–Crippen LogP) is -0.131. The number of rotatable bonds is 30. The molecule has 0 radical (unpaired) electrons. The van der Waals surface area contributed by atoms with Gasteiger partial charge in [-0.25, -0.2) is 0 Å². The van der Waals surface area contributed by atoms with Gasteiger partial charge in [0.2, 0.25) is 0 Å². The molecular weight excluding hydrogens is 1700 g/mol. The van der Waals surface area contributed by atoms with E-state index in [1.807, 2.05) is 0 Å². The summed E-state index contributed by atoms with van der Waals surface area (Å²) in [5, 5.41) is 0. The summed E-state index contributed by atoms with van der Waals surface area (Å²) in [6.45, 7) is -0.251. The zero-order valence-electron chi connectivity index (χ0n) is 67.0. The van der Waals surface area contributed by atoms with Gasteiger partial charge in [-0.2, -0.15) is 0 Å². The SMILES string of the molecule is COC[C@H]1O[C@@H]2O[C@H]3[C@H](OC)[C@H](OC)[C@@H](O[C@H]4[C@H](OC)[C@@H](OC)[C@@H](O[C@H]5[C@H](OC)[C@@H](OC)[C@@H](O[C@H]6[C@H](OC)[C@@H](OC)[C@@H](O[C@H]7[C@H](OC)[C@@H](OC)[C@@H](O[C@H]8[C@H](OC)[C@@H](OC)[C@@H](O[C@H]9[C@H](OC)[C@@H](OC)[C@@H](O[C@H]1[C@H](OC)[C@H]2OC)O[C@@H]9COC)O[C@@H]8COC)O[C@@H]7COC)O[C@@H]6COC)O[C@@H]5COC)O[C@@H]4CI)O[C@@H]3CI. The summed E-state index contributed by atoms with van der Waals surface area (Å²) >= 11 is 4.46. The first-order valence-corrected chi connectivity index (χ1v) is 39.5. The minimum Gasteiger partial charge on any atom is -0.382 e. The van der Waals surface area contributed by atoms with Crippen molar-refractivity contribution in [1.29, 1.82) is 0 Å². The molecule has 0 spiro atoms. The van der Waals surface area contributed by atoms with Crippen molar-refractivity contribution in [3.63, 3.8) is 0 Å². The van der Waals surface area contributed by atoms with Crippen LogP contribution in [-0.4, -0.2) is 451 Å². The third-order valence-corrected chi connectivity index (χ3v) is 23.4. The van der Waals surface area contributed by atoms with Gasteiger partial charge in [0.1, 0.15) is 183 Å². The van der Waals surface area contributed by atoms with Crippen LogP contribution in [-0.2, 0) is 180 Å². The standard InChI is InChI=1S/C70H122I2O38/c1-73-25-33-41-49(81-9)58(90-18)66(98-33)107-43-35(27-75-3)100-68(60(92-20)51(43)83-11)109-45-37(29-77-5)102-70(62(94-22)53(45)85-13)110-46-38(30-78-6)101-69(61(93-21)54(46)86-14)108-44-36(28-76-4)99-67(59(91-19)52(44)84-12)106-42-34(26-74-2)97-65(57(89-17)50(42)82-10)104-40-32(24-72)95-63(55(87-15)48(40)80-8)103-39-31(23-71)96-64(105-41)56(88-16)47(39)79-7/h31-70H,23-30H2,1-22H3/t31-,32-,33-,34-,35-,36-,37-,38-,39-,40-,41-,42-,43-,44-,45-,46-,47+,48+,49+,50+,51+,52+,53+,54+,55+,56-,57-,58-,59-,60-,61-,62-,63-,64-,65-,66-,67-,68-,69-,70-/m1/s1. The summed E-state index contributed by atoms with van der Waals surface area (Å²) in [5.74, 6) is 0. The molecule has 30 aliphatic rings. The second kappa shape index (κ2) is 46.1. The van der Waals surface area contributed by atoms with Crippen molar-refractivity contribution in [2.45, 2.75) is 246 Å². The van der Waals surface area contributed by atoms with Crippen molar-refractivity contribution in [1.82, 2.24) is 0 Å². The van der Waals surface area contributed by atoms with Crippen molar-refractivity contribution in [3.05, 3.63) is 0 Å². The van der Waals surface area contributed by atoms with Crippen molar-refractivity contribution in [2.75, 3.05) is 205 Å². The molecule has 30 aliphatic heterocycles. The zero-order valence-corrected chi connectivity index (χ0v) is 71.3. The molecular formula is C70H122I2O38. The molecule has 0 N–H and O–H groups in total. The highest BCUT2D eigenvalue weighted by Gasteiger charge is 2.63. The number of alkyl halides is 2. The molecule has 30 heterocycles. The largest absolute Gasteiger partial charge is 0.382 e. The van der Waals surface area contributed by atoms with Gasteiger partial charge in [0.15, 0.2) is 50.3 Å². The lowest BCUT2D eigenvalue weighted by Crippen LogP contribution is -2.70. The number of halogens is 2. The number of methoxy groups -OCH3 is 22. The number of ether oxygens (including phenoxy) is 38. The lowest BCUT2D eigenvalue weighted by Gasteiger charge is -2.53. The zero-order chi connectivity index (χ0) is 79.6. The van der Waals surface area contributed by atoms with Crippen LogP contribution in [0.25, 0.3) is 0 Å². The lowest BCUT2D eigenvalue weighted by atomic mass is 9.94. The van der Waals surface area contributed by atoms with Crippen molar-refractivity contribution >= 4 is 45.2 Å². The highest BCUT2D eigenvalue weighted by atomic mass is 127. The normalized spacial score (nSPS) is 46.7. The van der Waals surface area contributed by atoms with Gasteiger partial charge in [0.05, 0.1) is 51.8 Å². The van der Waals surface area contributed by atoms with E-state index >= 15 is 0 Å². The van der Waals surface area contributed by atoms with Crippen LogP contribution in [0.1, 0.15) is 0 Å². The maximum atomic E-state index is 7.09. The van der Waals surface area contributed by atoms with E-state index in [2.05, 4.69) is 45.2 Å². The molecule has 0 aromatic rings. The molecule has 40 heteroatoms. The first-order chi connectivity index (χ1) is 53.5. The molecule has 30 saturated heterocycles. The van der Waals surface area contributed by atoms with Gasteiger partial charge >= 0.3 is 0 Å². The molecule has 30 fully saturated rings. The summed E-state index contributed by atoms with van der Waals surface area (Å²) in [5.41, 5.74) is 0. The van der Waals surface area contributed by atoms with Gasteiger partial charge in [-0.05, 0) is 0 Å². The minimum absolute atomic E-state index is 0.0285. The Morgan fingerprint density at radius 1 is 0.155 bits per heavy atom. The summed E-state index contributed by atoms with van der Waals surface area (Å²) in [7, 11) is 33.4. The van der Waals surface area contributed by atoms with Gasteiger partial charge in [0, 0.05) is 165 Å². The van der Waals surface area contributed by atoms with Crippen LogP contribution in [0.4, 0.5) is 0 Å². The van der Waals surface area contributed by atoms with Crippen LogP contribution in [0.2, 0.25) is 0 Å². The monoisotopic (exact) mass is 1820 g/mol. The maximum absolute atomic E-state index is 7.09. The molecule has 0 aromatic heterocycles. The van der Waals surface area contributed by atoms with Gasteiger partial charge < -0.3 is 180 Å². The molecule has 110 heavy (non-hydrogen) atoms. The number of hydrogen-bond acceptors (Lipinski definition) is 38. The molecule has 30 rings (SSSR count). The first kappa shape index (κ1) is 93.8. The maximum Gasteiger partial charge on any atom is 0.187 e. The smallest absolute Gasteiger partial charge is 0.187 e. The summed E-state index contributed by atoms with van der Waals surface area (Å²) < 4.78 is 249. The fourth-order valence-electron chi connectivity index (χ4n) is 16.6. The van der Waals surface area contributed by atoms with E-state index in [0.717, 1.165) is 0 Å². The van der Waals surface area contributed by atoms with E-state index in [4.69, 9.17) is 180 Å². The van der Waals surface area contributed by atoms with Gasteiger partial charge in [-0.1, -0.05) is 45.2 Å². The third-order valence-electron chi connectivity index (χ3n) is 21.7. The lowest BCUT2D eigenvalue weighted by molar-refractivity contribution is -0.408. The van der Waals surface area contributed by atoms with Gasteiger partial charge in [0.25, 0.3) is 0 Å². The molecule has 38 nitrogen and oxygen atoms in total. The first-order valence-electron chi connectivity index (χ1n) is 36.5. The molecule has 0 unspecified atom stereocenters. The second-order valence-corrected chi connectivity index (χ2v) is 29.2. The highest BCUT2D eigenvalue weighted by molar-refractivity contribution is 14.1. The Morgan fingerprint density at radius 2 is 0.264 bits per heavy atom. The molecule has 0 amide bonds. The fourth-order valence-corrected chi connectivity index (χ4v) is 18.0. The summed E-state index contributed by atoms with van der Waals surface area (Å²) in [6, 6.07) is 0. The Labute approximate surface area is 672 Å². The second-order valence-electron chi connectivity index (χ2n) is 27.4. The topological polar surface area (TPSA) is 351 Å². The van der Waals surface area contributed by atoms with E-state index in [1.165, 1.54) is 142 Å². The van der Waals surface area contributed by atoms with Crippen LogP contribution in [0.15, 0.2) is 0 Å². The van der Waals surface area contributed by atoms with Crippen molar-refractivity contribution < 1.29 is 180 Å². The molecule has 0 aromatic carbocycles. The van der Waals surface area contributed by atoms with Crippen LogP contribution in [0.3, 0.4) is 0 Å². The van der Waals surface area contributed by atoms with E-state index in [1.54, 1.807) is 14.2 Å². The Bertz CT molecular complexity index is 2540. The molecule has 0 aliphatic carbocycles. The Morgan fingerprint density at radius 3 is 0.364 bits per heavy atom. The highest BCUT2D eigenvalue weighted by Crippen LogP contribution is 2.44. The van der Waals surface area contributed by atoms with Crippen molar-refractivity contribution in [3.8, 4) is 0 Å².